The zero-order valence-electron chi connectivity index (χ0n) is 13.1. The number of carbonyl (C=O) groups is 1. The van der Waals surface area contributed by atoms with E-state index in [1.165, 1.54) is 0 Å². The summed E-state index contributed by atoms with van der Waals surface area (Å²) in [5, 5.41) is 13.6. The summed E-state index contributed by atoms with van der Waals surface area (Å²) in [6.45, 7) is 4.36. The molecule has 1 heterocycles. The number of rotatable bonds is 8. The lowest BCUT2D eigenvalue weighted by atomic mass is 9.96. The number of β-amino-alcohol motifs (C(OH)–C–C–N with tert-alkyl or cyclic N) is 1. The fraction of sp³-hybridized carbons (Fsp3) is 0.588. The van der Waals surface area contributed by atoms with Gasteiger partial charge in [-0.2, -0.15) is 0 Å². The predicted molar refractivity (Wildman–Crippen MR) is 87.2 cm³/mol. The highest BCUT2D eigenvalue weighted by molar-refractivity contribution is 5.73. The third-order valence-corrected chi connectivity index (χ3v) is 4.30. The number of hydrogen-bond donors (Lipinski definition) is 3. The van der Waals surface area contributed by atoms with Crippen molar-refractivity contribution in [3.05, 3.63) is 35.9 Å². The number of nitrogens with one attached hydrogen (secondary N) is 1. The van der Waals surface area contributed by atoms with Gasteiger partial charge in [0, 0.05) is 19.5 Å². The maximum absolute atomic E-state index is 10.7. The molecule has 2 rings (SSSR count). The molecular formula is C17H27N3O2. The van der Waals surface area contributed by atoms with Gasteiger partial charge < -0.3 is 21.1 Å². The highest BCUT2D eigenvalue weighted by Crippen LogP contribution is 2.20. The van der Waals surface area contributed by atoms with Gasteiger partial charge in [0.05, 0.1) is 6.10 Å². The van der Waals surface area contributed by atoms with Crippen molar-refractivity contribution < 1.29 is 9.90 Å². The SMILES string of the molecule is NC(=O)CCNCC1CCN(CC(O)c2ccccc2)CC1. The molecule has 1 aliphatic rings. The van der Waals surface area contributed by atoms with Crippen LogP contribution in [0.3, 0.4) is 0 Å². The summed E-state index contributed by atoms with van der Waals surface area (Å²) < 4.78 is 0. The Hall–Kier alpha value is -1.43. The number of amides is 1. The number of primary amides is 1. The molecule has 1 saturated heterocycles. The van der Waals surface area contributed by atoms with E-state index in [4.69, 9.17) is 5.73 Å². The van der Waals surface area contributed by atoms with Crippen LogP contribution in [0.15, 0.2) is 30.3 Å². The molecule has 1 atom stereocenters. The van der Waals surface area contributed by atoms with Gasteiger partial charge in [-0.25, -0.2) is 0 Å². The number of benzene rings is 1. The lowest BCUT2D eigenvalue weighted by molar-refractivity contribution is -0.117. The number of nitrogens with two attached hydrogens (primary N) is 1. The van der Waals surface area contributed by atoms with Gasteiger partial charge in [-0.3, -0.25) is 4.79 Å². The summed E-state index contributed by atoms with van der Waals surface area (Å²) in [6.07, 6.45) is 2.25. The number of carbonyl (C=O) groups excluding carboxylic acids is 1. The van der Waals surface area contributed by atoms with Crippen molar-refractivity contribution in [2.45, 2.75) is 25.4 Å². The van der Waals surface area contributed by atoms with Gasteiger partial charge in [0.2, 0.25) is 5.91 Å². The van der Waals surface area contributed by atoms with Crippen molar-refractivity contribution in [2.75, 3.05) is 32.7 Å². The molecule has 5 nitrogen and oxygen atoms in total. The molecule has 1 aromatic rings. The van der Waals surface area contributed by atoms with E-state index in [1.54, 1.807) is 0 Å². The zero-order valence-corrected chi connectivity index (χ0v) is 13.1. The van der Waals surface area contributed by atoms with Crippen molar-refractivity contribution in [2.24, 2.45) is 11.7 Å². The summed E-state index contributed by atoms with van der Waals surface area (Å²) >= 11 is 0. The van der Waals surface area contributed by atoms with Gasteiger partial charge in [0.25, 0.3) is 0 Å². The summed E-state index contributed by atoms with van der Waals surface area (Å²) in [5.41, 5.74) is 6.10. The average molecular weight is 305 g/mol. The topological polar surface area (TPSA) is 78.6 Å². The van der Waals surface area contributed by atoms with E-state index in [9.17, 15) is 9.90 Å². The van der Waals surface area contributed by atoms with Crippen LogP contribution in [0.4, 0.5) is 0 Å². The van der Waals surface area contributed by atoms with Gasteiger partial charge >= 0.3 is 0 Å². The molecule has 0 bridgehead atoms. The number of likely N-dealkylation sites (tertiary alicyclic amines) is 1. The molecule has 1 unspecified atom stereocenters. The maximum Gasteiger partial charge on any atom is 0.218 e. The lowest BCUT2D eigenvalue weighted by Gasteiger charge is -2.33. The van der Waals surface area contributed by atoms with Crippen molar-refractivity contribution in [3.8, 4) is 0 Å². The van der Waals surface area contributed by atoms with E-state index in [1.807, 2.05) is 30.3 Å². The van der Waals surface area contributed by atoms with Crippen LogP contribution in [0.5, 0.6) is 0 Å². The molecular weight excluding hydrogens is 278 g/mol. The molecule has 5 heteroatoms. The summed E-state index contributed by atoms with van der Waals surface area (Å²) in [4.78, 5) is 13.0. The van der Waals surface area contributed by atoms with E-state index in [-0.39, 0.29) is 5.91 Å². The Morgan fingerprint density at radius 1 is 1.32 bits per heavy atom. The Morgan fingerprint density at radius 2 is 2.00 bits per heavy atom. The molecule has 22 heavy (non-hydrogen) atoms. The van der Waals surface area contributed by atoms with Crippen LogP contribution in [0, 0.1) is 5.92 Å². The summed E-state index contributed by atoms with van der Waals surface area (Å²) in [5.74, 6) is 0.398. The largest absolute Gasteiger partial charge is 0.387 e. The Labute approximate surface area is 132 Å². The fourth-order valence-corrected chi connectivity index (χ4v) is 2.92. The van der Waals surface area contributed by atoms with Gasteiger partial charge in [0.15, 0.2) is 0 Å². The first-order chi connectivity index (χ1) is 10.6. The normalized spacial score (nSPS) is 18.2. The highest BCUT2D eigenvalue weighted by atomic mass is 16.3. The number of piperidine rings is 1. The third-order valence-electron chi connectivity index (χ3n) is 4.30. The smallest absolute Gasteiger partial charge is 0.218 e. The quantitative estimate of drug-likeness (QED) is 0.624. The van der Waals surface area contributed by atoms with E-state index < -0.39 is 6.10 Å². The molecule has 1 aliphatic heterocycles. The second-order valence-corrected chi connectivity index (χ2v) is 6.09. The van der Waals surface area contributed by atoms with Crippen LogP contribution in [0.2, 0.25) is 0 Å². The van der Waals surface area contributed by atoms with Crippen LogP contribution in [-0.2, 0) is 4.79 Å². The van der Waals surface area contributed by atoms with Crippen molar-refractivity contribution >= 4 is 5.91 Å². The highest BCUT2D eigenvalue weighted by Gasteiger charge is 2.21. The minimum Gasteiger partial charge on any atom is -0.387 e. The van der Waals surface area contributed by atoms with Crippen molar-refractivity contribution in [1.82, 2.24) is 10.2 Å². The molecule has 1 amide bonds. The maximum atomic E-state index is 10.7. The van der Waals surface area contributed by atoms with Gasteiger partial charge in [-0.05, 0) is 44.0 Å². The van der Waals surface area contributed by atoms with E-state index in [0.717, 1.165) is 38.0 Å². The molecule has 0 aromatic heterocycles. The molecule has 4 N–H and O–H groups in total. The number of nitrogens with zero attached hydrogens (tertiary/aromatic N) is 1. The number of hydrogen-bond acceptors (Lipinski definition) is 4. The van der Waals surface area contributed by atoms with Crippen LogP contribution in [0.25, 0.3) is 0 Å². The van der Waals surface area contributed by atoms with E-state index >= 15 is 0 Å². The zero-order chi connectivity index (χ0) is 15.8. The fourth-order valence-electron chi connectivity index (χ4n) is 2.92. The van der Waals surface area contributed by atoms with Gasteiger partial charge in [-0.15, -0.1) is 0 Å². The minimum absolute atomic E-state index is 0.253. The summed E-state index contributed by atoms with van der Waals surface area (Å²) in [7, 11) is 0. The molecule has 0 radical (unpaired) electrons. The minimum atomic E-state index is -0.411. The first-order valence-corrected chi connectivity index (χ1v) is 8.09. The van der Waals surface area contributed by atoms with Crippen LogP contribution in [-0.4, -0.2) is 48.6 Å². The Morgan fingerprint density at radius 3 is 2.64 bits per heavy atom. The molecule has 0 aliphatic carbocycles. The Bertz CT molecular complexity index is 444. The van der Waals surface area contributed by atoms with Crippen LogP contribution >= 0.6 is 0 Å². The van der Waals surface area contributed by atoms with Crippen LogP contribution in [0.1, 0.15) is 30.9 Å². The Kier molecular flexibility index (Phi) is 6.83. The Balaban J connectivity index is 1.64. The molecule has 122 valence electrons. The first-order valence-electron chi connectivity index (χ1n) is 8.09. The molecule has 0 spiro atoms. The van der Waals surface area contributed by atoms with Crippen LogP contribution < -0.4 is 11.1 Å². The average Bonchev–Trinajstić information content (AvgIpc) is 2.54. The lowest BCUT2D eigenvalue weighted by Crippen LogP contribution is -2.39. The predicted octanol–water partition coefficient (Wildman–Crippen LogP) is 0.897. The molecule has 1 aromatic carbocycles. The van der Waals surface area contributed by atoms with Gasteiger partial charge in [-0.1, -0.05) is 30.3 Å². The second-order valence-electron chi connectivity index (χ2n) is 6.09. The van der Waals surface area contributed by atoms with Crippen molar-refractivity contribution in [3.63, 3.8) is 0 Å². The standard InChI is InChI=1S/C17H27N3O2/c18-17(22)6-9-19-12-14-7-10-20(11-8-14)13-16(21)15-4-2-1-3-5-15/h1-5,14,16,19,21H,6-13H2,(H2,18,22). The molecule has 1 fully saturated rings. The third kappa shape index (κ3) is 5.75. The monoisotopic (exact) mass is 305 g/mol. The summed E-state index contributed by atoms with van der Waals surface area (Å²) in [6, 6.07) is 9.83. The van der Waals surface area contributed by atoms with E-state index in [0.29, 0.717) is 25.4 Å². The van der Waals surface area contributed by atoms with Gasteiger partial charge in [0.1, 0.15) is 0 Å². The number of aliphatic hydroxyl groups is 1. The first kappa shape index (κ1) is 16.9. The number of aliphatic hydroxyl groups excluding tert-OH is 1. The molecule has 0 saturated carbocycles. The second kappa shape index (κ2) is 8.88. The van der Waals surface area contributed by atoms with E-state index in [2.05, 4.69) is 10.2 Å². The van der Waals surface area contributed by atoms with Crippen molar-refractivity contribution in [1.29, 1.82) is 0 Å².